The summed E-state index contributed by atoms with van der Waals surface area (Å²) in [5, 5.41) is 16.6. The lowest BCUT2D eigenvalue weighted by molar-refractivity contribution is -0.130. The van der Waals surface area contributed by atoms with Gasteiger partial charge < -0.3 is 10.1 Å². The maximum Gasteiger partial charge on any atom is 0.339 e. The van der Waals surface area contributed by atoms with E-state index < -0.39 is 5.97 Å². The molecule has 3 aromatic heterocycles. The molecule has 0 radical (unpaired) electrons. The molecule has 5 rings (SSSR count). The monoisotopic (exact) mass is 412 g/mol. The minimum atomic E-state index is -1.06. The van der Waals surface area contributed by atoms with Crippen molar-refractivity contribution in [2.75, 3.05) is 0 Å². The van der Waals surface area contributed by atoms with Crippen molar-refractivity contribution in [1.82, 2.24) is 19.7 Å². The van der Waals surface area contributed by atoms with Crippen LogP contribution < -0.4 is 0 Å². The van der Waals surface area contributed by atoms with Crippen LogP contribution in [0.3, 0.4) is 0 Å². The van der Waals surface area contributed by atoms with Crippen LogP contribution >= 0.6 is 11.3 Å². The standard InChI is InChI=1S/C23H16N4O2S/c28-23(29)17(22-24-18-9-4-5-10-19(18)25-22)13-15-14-27(16-7-2-1-3-8-16)26-21(15)20-11-6-12-30-20/h1-14H,(H,24,25)(H,28,29)/b17-13-. The van der Waals surface area contributed by atoms with E-state index in [-0.39, 0.29) is 5.57 Å². The topological polar surface area (TPSA) is 83.8 Å². The molecule has 7 heteroatoms. The smallest absolute Gasteiger partial charge is 0.339 e. The number of benzene rings is 2. The summed E-state index contributed by atoms with van der Waals surface area (Å²) in [6, 6.07) is 21.1. The third kappa shape index (κ3) is 3.31. The van der Waals surface area contributed by atoms with Crippen molar-refractivity contribution in [2.24, 2.45) is 0 Å². The second-order valence-corrected chi connectivity index (χ2v) is 7.60. The van der Waals surface area contributed by atoms with Gasteiger partial charge in [-0.3, -0.25) is 0 Å². The number of carbonyl (C=O) groups is 1. The zero-order valence-electron chi connectivity index (χ0n) is 15.7. The molecule has 0 saturated heterocycles. The molecule has 6 nitrogen and oxygen atoms in total. The highest BCUT2D eigenvalue weighted by Crippen LogP contribution is 2.30. The fraction of sp³-hybridized carbons (Fsp3) is 0. The van der Waals surface area contributed by atoms with Gasteiger partial charge in [-0.2, -0.15) is 5.10 Å². The first-order chi connectivity index (χ1) is 14.7. The molecule has 0 atom stereocenters. The van der Waals surface area contributed by atoms with Crippen molar-refractivity contribution in [3.05, 3.63) is 89.7 Å². The zero-order chi connectivity index (χ0) is 20.5. The number of imidazole rings is 1. The molecular weight excluding hydrogens is 396 g/mol. The number of hydrogen-bond acceptors (Lipinski definition) is 4. The third-order valence-electron chi connectivity index (χ3n) is 4.69. The molecule has 30 heavy (non-hydrogen) atoms. The lowest BCUT2D eigenvalue weighted by Gasteiger charge is -1.99. The van der Waals surface area contributed by atoms with E-state index in [9.17, 15) is 9.90 Å². The molecule has 0 aliphatic rings. The summed E-state index contributed by atoms with van der Waals surface area (Å²) in [4.78, 5) is 20.6. The van der Waals surface area contributed by atoms with Crippen molar-refractivity contribution in [3.8, 4) is 16.3 Å². The van der Waals surface area contributed by atoms with Crippen LogP contribution in [-0.4, -0.2) is 30.8 Å². The van der Waals surface area contributed by atoms with Gasteiger partial charge in [0.2, 0.25) is 0 Å². The van der Waals surface area contributed by atoms with Gasteiger partial charge in [0.05, 0.1) is 21.6 Å². The van der Waals surface area contributed by atoms with Crippen LogP contribution in [0.5, 0.6) is 0 Å². The number of para-hydroxylation sites is 3. The first kappa shape index (κ1) is 18.1. The molecule has 0 amide bonds. The van der Waals surface area contributed by atoms with Gasteiger partial charge in [0.1, 0.15) is 17.1 Å². The highest BCUT2D eigenvalue weighted by atomic mass is 32.1. The van der Waals surface area contributed by atoms with E-state index in [0.717, 1.165) is 27.3 Å². The van der Waals surface area contributed by atoms with Crippen molar-refractivity contribution >= 4 is 40.0 Å². The Labute approximate surface area is 175 Å². The number of fused-ring (bicyclic) bond motifs is 1. The Morgan fingerprint density at radius 2 is 1.83 bits per heavy atom. The lowest BCUT2D eigenvalue weighted by atomic mass is 10.1. The summed E-state index contributed by atoms with van der Waals surface area (Å²) in [6.45, 7) is 0. The number of H-pyrrole nitrogens is 1. The number of hydrogen-bond donors (Lipinski definition) is 2. The van der Waals surface area contributed by atoms with Crippen molar-refractivity contribution in [2.45, 2.75) is 0 Å². The number of rotatable bonds is 5. The molecule has 5 aromatic rings. The summed E-state index contributed by atoms with van der Waals surface area (Å²) in [6.07, 6.45) is 3.47. The summed E-state index contributed by atoms with van der Waals surface area (Å²) in [7, 11) is 0. The highest BCUT2D eigenvalue weighted by Gasteiger charge is 2.19. The number of aromatic nitrogens is 4. The fourth-order valence-corrected chi connectivity index (χ4v) is 4.01. The number of nitrogens with one attached hydrogen (secondary N) is 1. The van der Waals surface area contributed by atoms with Crippen molar-refractivity contribution in [3.63, 3.8) is 0 Å². The molecule has 0 fully saturated rings. The predicted octanol–water partition coefficient (Wildman–Crippen LogP) is 5.10. The normalized spacial score (nSPS) is 11.8. The lowest BCUT2D eigenvalue weighted by Crippen LogP contribution is -2.01. The first-order valence-corrected chi connectivity index (χ1v) is 10.2. The van der Waals surface area contributed by atoms with Crippen LogP contribution in [0.25, 0.3) is 38.9 Å². The molecule has 0 aliphatic carbocycles. The number of aromatic amines is 1. The largest absolute Gasteiger partial charge is 0.478 e. The average molecular weight is 412 g/mol. The van der Waals surface area contributed by atoms with Gasteiger partial charge in [-0.05, 0) is 41.8 Å². The van der Waals surface area contributed by atoms with E-state index in [1.807, 2.05) is 78.3 Å². The molecular formula is C23H16N4O2S. The van der Waals surface area contributed by atoms with E-state index in [4.69, 9.17) is 5.10 Å². The Kier molecular flexibility index (Phi) is 4.49. The third-order valence-corrected chi connectivity index (χ3v) is 5.57. The van der Waals surface area contributed by atoms with E-state index >= 15 is 0 Å². The minimum Gasteiger partial charge on any atom is -0.478 e. The van der Waals surface area contributed by atoms with Crippen LogP contribution in [0.4, 0.5) is 0 Å². The van der Waals surface area contributed by atoms with Gasteiger partial charge in [0, 0.05) is 11.8 Å². The van der Waals surface area contributed by atoms with Crippen molar-refractivity contribution in [1.29, 1.82) is 0 Å². The Morgan fingerprint density at radius 3 is 2.57 bits per heavy atom. The first-order valence-electron chi connectivity index (χ1n) is 9.28. The number of aliphatic carboxylic acids is 1. The molecule has 0 aliphatic heterocycles. The molecule has 0 saturated carbocycles. The Balaban J connectivity index is 1.68. The maximum atomic E-state index is 12.1. The molecule has 146 valence electrons. The molecule has 0 spiro atoms. The van der Waals surface area contributed by atoms with Gasteiger partial charge in [-0.1, -0.05) is 36.4 Å². The number of nitrogens with zero attached hydrogens (tertiary/aromatic N) is 3. The van der Waals surface area contributed by atoms with Crippen LogP contribution in [0, 0.1) is 0 Å². The molecule has 0 bridgehead atoms. The van der Waals surface area contributed by atoms with E-state index in [2.05, 4.69) is 9.97 Å². The Hall–Kier alpha value is -3.97. The molecule has 3 heterocycles. The second-order valence-electron chi connectivity index (χ2n) is 6.66. The second kappa shape index (κ2) is 7.46. The summed E-state index contributed by atoms with van der Waals surface area (Å²) in [5.41, 5.74) is 3.92. The zero-order valence-corrected chi connectivity index (χ0v) is 16.5. The van der Waals surface area contributed by atoms with Crippen LogP contribution in [0.2, 0.25) is 0 Å². The summed E-state index contributed by atoms with van der Waals surface area (Å²) < 4.78 is 1.76. The van der Waals surface area contributed by atoms with Gasteiger partial charge in [-0.25, -0.2) is 14.5 Å². The SMILES string of the molecule is O=C(O)/C(=C\c1cn(-c2ccccc2)nc1-c1cccs1)c1nc2ccccc2[nH]1. The number of carboxylic acid groups (broad SMARTS) is 1. The average Bonchev–Trinajstić information content (AvgIpc) is 3.51. The van der Waals surface area contributed by atoms with Gasteiger partial charge in [-0.15, -0.1) is 11.3 Å². The maximum absolute atomic E-state index is 12.1. The highest BCUT2D eigenvalue weighted by molar-refractivity contribution is 7.13. The van der Waals surface area contributed by atoms with E-state index in [0.29, 0.717) is 11.4 Å². The van der Waals surface area contributed by atoms with Gasteiger partial charge in [0.25, 0.3) is 0 Å². The Bertz CT molecular complexity index is 1330. The van der Waals surface area contributed by atoms with E-state index in [1.54, 1.807) is 22.1 Å². The predicted molar refractivity (Wildman–Crippen MR) is 118 cm³/mol. The van der Waals surface area contributed by atoms with Crippen LogP contribution in [0.1, 0.15) is 11.4 Å². The fourth-order valence-electron chi connectivity index (χ4n) is 3.28. The number of carboxylic acids is 1. The quantitative estimate of drug-likeness (QED) is 0.393. The Morgan fingerprint density at radius 1 is 1.03 bits per heavy atom. The summed E-state index contributed by atoms with van der Waals surface area (Å²) in [5.74, 6) is -0.744. The summed E-state index contributed by atoms with van der Waals surface area (Å²) >= 11 is 1.56. The van der Waals surface area contributed by atoms with Crippen LogP contribution in [-0.2, 0) is 4.79 Å². The van der Waals surface area contributed by atoms with Crippen LogP contribution in [0.15, 0.2) is 78.3 Å². The number of thiophene rings is 1. The van der Waals surface area contributed by atoms with Gasteiger partial charge >= 0.3 is 5.97 Å². The minimum absolute atomic E-state index is 0.0802. The molecule has 2 N–H and O–H groups in total. The van der Waals surface area contributed by atoms with Gasteiger partial charge in [0.15, 0.2) is 0 Å². The molecule has 2 aromatic carbocycles. The molecule has 0 unspecified atom stereocenters. The van der Waals surface area contributed by atoms with Crippen molar-refractivity contribution < 1.29 is 9.90 Å². The van der Waals surface area contributed by atoms with E-state index in [1.165, 1.54) is 0 Å².